The Morgan fingerprint density at radius 3 is 1.59 bits per heavy atom. The molecule has 0 aliphatic heterocycles. The fraction of sp³-hybridized carbons (Fsp3) is 0.545. The summed E-state index contributed by atoms with van der Waals surface area (Å²) in [4.78, 5) is -0.0156. The molecule has 0 aliphatic rings. The predicted molar refractivity (Wildman–Crippen MR) is 108 cm³/mol. The van der Waals surface area contributed by atoms with Crippen LogP contribution in [0.4, 0.5) is 0 Å². The minimum atomic E-state index is -4.60. The Balaban J connectivity index is 0.00000364. The van der Waals surface area contributed by atoms with Gasteiger partial charge in [-0.1, -0.05) is 73.6 Å². The third-order valence-corrected chi connectivity index (χ3v) is 5.98. The van der Waals surface area contributed by atoms with Gasteiger partial charge in [0.05, 0.1) is 4.90 Å². The molecule has 0 unspecified atom stereocenters. The van der Waals surface area contributed by atoms with Crippen LogP contribution in [0.15, 0.2) is 23.1 Å². The molecule has 0 aliphatic carbocycles. The van der Waals surface area contributed by atoms with Crippen molar-refractivity contribution in [2.45, 2.75) is 84.0 Å². The van der Waals surface area contributed by atoms with Crippen molar-refractivity contribution in [2.75, 3.05) is 0 Å². The van der Waals surface area contributed by atoms with Gasteiger partial charge in [0, 0.05) is 5.39 Å². The first kappa shape index (κ1) is 24.6. The van der Waals surface area contributed by atoms with Crippen LogP contribution in [0.3, 0.4) is 0 Å². The Kier molecular flexibility index (Phi) is 8.18. The zero-order valence-corrected chi connectivity index (χ0v) is 21.0. The second kappa shape index (κ2) is 8.96. The van der Waals surface area contributed by atoms with Crippen molar-refractivity contribution in [1.82, 2.24) is 0 Å². The van der Waals surface area contributed by atoms with Crippen molar-refractivity contribution in [3.8, 4) is 0 Å². The molecule has 0 fully saturated rings. The SMILES string of the molecule is CC(C)c1c(C(C)C)c(C(C)C)c2c(C(C)C)cccc2c1S(=O)(=O)[O-].[Na+]. The summed E-state index contributed by atoms with van der Waals surface area (Å²) in [5.41, 5.74) is 4.03. The molecule has 0 saturated heterocycles. The van der Waals surface area contributed by atoms with Gasteiger partial charge in [0.15, 0.2) is 0 Å². The van der Waals surface area contributed by atoms with Crippen molar-refractivity contribution >= 4 is 20.9 Å². The minimum Gasteiger partial charge on any atom is -0.744 e. The topological polar surface area (TPSA) is 57.2 Å². The zero-order chi connectivity index (χ0) is 20.0. The van der Waals surface area contributed by atoms with Gasteiger partial charge in [0.2, 0.25) is 0 Å². The molecule has 0 radical (unpaired) electrons. The molecule has 0 atom stereocenters. The summed E-state index contributed by atoms with van der Waals surface area (Å²) in [5, 5.41) is 1.54. The number of hydrogen-bond donors (Lipinski definition) is 0. The molecule has 0 N–H and O–H groups in total. The van der Waals surface area contributed by atoms with Crippen LogP contribution in [0, 0.1) is 0 Å². The van der Waals surface area contributed by atoms with E-state index in [1.54, 1.807) is 6.07 Å². The van der Waals surface area contributed by atoms with E-state index in [4.69, 9.17) is 0 Å². The first-order valence-corrected chi connectivity index (χ1v) is 10.9. The van der Waals surface area contributed by atoms with E-state index in [-0.39, 0.29) is 58.1 Å². The molecular formula is C22H31NaO3S. The summed E-state index contributed by atoms with van der Waals surface area (Å²) in [6, 6.07) is 5.72. The fourth-order valence-corrected chi connectivity index (χ4v) is 5.21. The van der Waals surface area contributed by atoms with E-state index in [1.165, 1.54) is 5.56 Å². The van der Waals surface area contributed by atoms with E-state index in [1.807, 2.05) is 19.9 Å². The molecule has 3 nitrogen and oxygen atoms in total. The third kappa shape index (κ3) is 4.62. The largest absolute Gasteiger partial charge is 1.00 e. The van der Waals surface area contributed by atoms with Crippen LogP contribution < -0.4 is 29.6 Å². The Morgan fingerprint density at radius 2 is 1.22 bits per heavy atom. The second-order valence-electron chi connectivity index (χ2n) is 8.41. The average molecular weight is 399 g/mol. The van der Waals surface area contributed by atoms with E-state index < -0.39 is 10.1 Å². The summed E-state index contributed by atoms with van der Waals surface area (Å²) in [5.74, 6) is 0.560. The minimum absolute atomic E-state index is 0. The second-order valence-corrected chi connectivity index (χ2v) is 9.73. The molecule has 2 rings (SSSR count). The van der Waals surface area contributed by atoms with Gasteiger partial charge >= 0.3 is 29.6 Å². The smallest absolute Gasteiger partial charge is 0.744 e. The third-order valence-electron chi connectivity index (χ3n) is 5.04. The molecule has 5 heteroatoms. The van der Waals surface area contributed by atoms with Crippen LogP contribution in [0.2, 0.25) is 0 Å². The van der Waals surface area contributed by atoms with Crippen LogP contribution in [-0.4, -0.2) is 13.0 Å². The number of rotatable bonds is 5. The molecule has 27 heavy (non-hydrogen) atoms. The Morgan fingerprint density at radius 1 is 0.741 bits per heavy atom. The van der Waals surface area contributed by atoms with E-state index in [0.29, 0.717) is 10.9 Å². The summed E-state index contributed by atoms with van der Waals surface area (Å²) in [6.07, 6.45) is 0. The molecule has 2 aromatic carbocycles. The van der Waals surface area contributed by atoms with Gasteiger partial charge < -0.3 is 4.55 Å². The maximum Gasteiger partial charge on any atom is 1.00 e. The fourth-order valence-electron chi connectivity index (χ4n) is 4.15. The van der Waals surface area contributed by atoms with Crippen molar-refractivity contribution in [3.05, 3.63) is 40.5 Å². The monoisotopic (exact) mass is 398 g/mol. The Labute approximate surface area is 187 Å². The van der Waals surface area contributed by atoms with E-state index in [2.05, 4.69) is 47.6 Å². The van der Waals surface area contributed by atoms with E-state index in [0.717, 1.165) is 16.5 Å². The first-order valence-electron chi connectivity index (χ1n) is 9.47. The van der Waals surface area contributed by atoms with Crippen LogP contribution in [0.1, 0.15) is 101 Å². The molecule has 0 amide bonds. The maximum atomic E-state index is 12.4. The summed E-state index contributed by atoms with van der Waals surface area (Å²) in [6.45, 7) is 16.6. The summed E-state index contributed by atoms with van der Waals surface area (Å²) in [7, 11) is -4.60. The zero-order valence-electron chi connectivity index (χ0n) is 18.2. The average Bonchev–Trinajstić information content (AvgIpc) is 2.49. The van der Waals surface area contributed by atoms with Crippen LogP contribution >= 0.6 is 0 Å². The van der Waals surface area contributed by atoms with Crippen molar-refractivity contribution in [1.29, 1.82) is 0 Å². The molecule has 144 valence electrons. The molecule has 0 heterocycles. The van der Waals surface area contributed by atoms with Crippen molar-refractivity contribution in [3.63, 3.8) is 0 Å². The maximum absolute atomic E-state index is 12.4. The standard InChI is InChI=1S/C22H32O3S.Na/c1-12(2)16-10-9-11-17-21(16)19(14(5)6)18(13(3)4)20(15(7)8)22(17)26(23,24)25;/h9-15H,1-8H3,(H,23,24,25);/q;+1/p-1. The molecule has 0 saturated carbocycles. The van der Waals surface area contributed by atoms with Gasteiger partial charge in [-0.25, -0.2) is 8.42 Å². The predicted octanol–water partition coefficient (Wildman–Crippen LogP) is 3.24. The van der Waals surface area contributed by atoms with Crippen molar-refractivity contribution in [2.24, 2.45) is 0 Å². The van der Waals surface area contributed by atoms with Gasteiger partial charge in [-0.15, -0.1) is 0 Å². The normalized spacial score (nSPS) is 12.5. The van der Waals surface area contributed by atoms with Crippen molar-refractivity contribution < 1.29 is 42.5 Å². The summed E-state index contributed by atoms with van der Waals surface area (Å²) >= 11 is 0. The molecule has 0 bridgehead atoms. The molecule has 2 aromatic rings. The van der Waals surface area contributed by atoms with Gasteiger partial charge in [-0.2, -0.15) is 0 Å². The molecule has 0 spiro atoms. The van der Waals surface area contributed by atoms with E-state index in [9.17, 15) is 13.0 Å². The quantitative estimate of drug-likeness (QED) is 0.574. The van der Waals surface area contributed by atoms with Gasteiger partial charge in [0.25, 0.3) is 0 Å². The van der Waals surface area contributed by atoms with E-state index >= 15 is 0 Å². The van der Waals surface area contributed by atoms with Crippen LogP contribution in [0.25, 0.3) is 10.8 Å². The van der Waals surface area contributed by atoms with Gasteiger partial charge in [0.1, 0.15) is 10.1 Å². The number of benzene rings is 2. The molecular weight excluding hydrogens is 367 g/mol. The van der Waals surface area contributed by atoms with Crippen LogP contribution in [-0.2, 0) is 10.1 Å². The molecule has 0 aromatic heterocycles. The Bertz CT molecular complexity index is 926. The first-order chi connectivity index (χ1) is 11.9. The van der Waals surface area contributed by atoms with Crippen LogP contribution in [0.5, 0.6) is 0 Å². The van der Waals surface area contributed by atoms with Gasteiger partial charge in [-0.3, -0.25) is 0 Å². The Hall–Kier alpha value is -0.390. The number of fused-ring (bicyclic) bond motifs is 1. The summed E-state index contributed by atoms with van der Waals surface area (Å²) < 4.78 is 37.1. The van der Waals surface area contributed by atoms with Gasteiger partial charge in [-0.05, 0) is 51.3 Å². The number of hydrogen-bond acceptors (Lipinski definition) is 3.